The minimum Gasteiger partial charge on any atom is -0.271 e. The lowest BCUT2D eigenvalue weighted by molar-refractivity contribution is 0.414. The second-order valence-electron chi connectivity index (χ2n) is 5.56. The molecule has 1 aliphatic carbocycles. The van der Waals surface area contributed by atoms with Crippen LogP contribution in [0.3, 0.4) is 0 Å². The standard InChI is InChI=1S/C17H18BrClN2/c18-13-8-12(9-14(19)10-13)17(21-20)16-7-2-1-6-15(16)11-4-3-5-11/h1-2,6-11,17,21H,3-5,20H2. The highest BCUT2D eigenvalue weighted by molar-refractivity contribution is 9.10. The van der Waals surface area contributed by atoms with Crippen molar-refractivity contribution in [2.75, 3.05) is 0 Å². The number of hydrazine groups is 1. The number of nitrogens with two attached hydrogens (primary N) is 1. The maximum Gasteiger partial charge on any atom is 0.0713 e. The van der Waals surface area contributed by atoms with Gasteiger partial charge >= 0.3 is 0 Å². The predicted octanol–water partition coefficient (Wildman–Crippen LogP) is 4.92. The van der Waals surface area contributed by atoms with Gasteiger partial charge in [0.2, 0.25) is 0 Å². The highest BCUT2D eigenvalue weighted by Gasteiger charge is 2.25. The van der Waals surface area contributed by atoms with Gasteiger partial charge in [0.25, 0.3) is 0 Å². The normalized spacial score (nSPS) is 16.5. The third kappa shape index (κ3) is 3.16. The van der Waals surface area contributed by atoms with E-state index >= 15 is 0 Å². The summed E-state index contributed by atoms with van der Waals surface area (Å²) in [6.45, 7) is 0. The molecule has 1 saturated carbocycles. The number of hydrogen-bond acceptors (Lipinski definition) is 2. The van der Waals surface area contributed by atoms with Crippen molar-refractivity contribution in [1.29, 1.82) is 0 Å². The van der Waals surface area contributed by atoms with Crippen LogP contribution in [0, 0.1) is 0 Å². The molecule has 0 bridgehead atoms. The Hall–Kier alpha value is -0.870. The van der Waals surface area contributed by atoms with Crippen molar-refractivity contribution >= 4 is 27.5 Å². The van der Waals surface area contributed by atoms with Crippen LogP contribution in [0.4, 0.5) is 0 Å². The molecule has 0 spiro atoms. The monoisotopic (exact) mass is 364 g/mol. The Labute approximate surface area is 138 Å². The first-order chi connectivity index (χ1) is 10.2. The Morgan fingerprint density at radius 2 is 1.95 bits per heavy atom. The van der Waals surface area contributed by atoms with Gasteiger partial charge in [-0.15, -0.1) is 0 Å². The van der Waals surface area contributed by atoms with Crippen LogP contribution in [-0.2, 0) is 0 Å². The lowest BCUT2D eigenvalue weighted by atomic mass is 9.76. The molecule has 1 atom stereocenters. The molecule has 3 rings (SSSR count). The van der Waals surface area contributed by atoms with Gasteiger partial charge in [-0.25, -0.2) is 5.43 Å². The number of benzene rings is 2. The van der Waals surface area contributed by atoms with Crippen LogP contribution in [-0.4, -0.2) is 0 Å². The molecule has 0 aliphatic heterocycles. The van der Waals surface area contributed by atoms with Crippen molar-refractivity contribution in [3.05, 3.63) is 68.7 Å². The van der Waals surface area contributed by atoms with Crippen LogP contribution in [0.5, 0.6) is 0 Å². The molecule has 2 aromatic carbocycles. The van der Waals surface area contributed by atoms with Crippen LogP contribution >= 0.6 is 27.5 Å². The Kier molecular flexibility index (Phi) is 4.65. The van der Waals surface area contributed by atoms with E-state index in [4.69, 9.17) is 17.4 Å². The van der Waals surface area contributed by atoms with Crippen LogP contribution < -0.4 is 11.3 Å². The van der Waals surface area contributed by atoms with E-state index in [2.05, 4.69) is 51.7 Å². The fourth-order valence-corrected chi connectivity index (χ4v) is 3.86. The fourth-order valence-electron chi connectivity index (χ4n) is 2.97. The van der Waals surface area contributed by atoms with E-state index in [-0.39, 0.29) is 6.04 Å². The maximum absolute atomic E-state index is 6.18. The molecule has 2 nitrogen and oxygen atoms in total. The van der Waals surface area contributed by atoms with Crippen molar-refractivity contribution < 1.29 is 0 Å². The summed E-state index contributed by atoms with van der Waals surface area (Å²) in [6, 6.07) is 14.4. The second kappa shape index (κ2) is 6.49. The molecule has 2 aromatic rings. The molecule has 1 unspecified atom stereocenters. The van der Waals surface area contributed by atoms with Crippen molar-refractivity contribution in [1.82, 2.24) is 5.43 Å². The van der Waals surface area contributed by atoms with Gasteiger partial charge in [0, 0.05) is 9.50 Å². The second-order valence-corrected chi connectivity index (χ2v) is 6.91. The van der Waals surface area contributed by atoms with Crippen LogP contribution in [0.1, 0.15) is 47.9 Å². The quantitative estimate of drug-likeness (QED) is 0.596. The molecule has 1 fully saturated rings. The number of nitrogens with one attached hydrogen (secondary N) is 1. The third-order valence-corrected chi connectivity index (χ3v) is 4.91. The van der Waals surface area contributed by atoms with E-state index in [1.165, 1.54) is 30.4 Å². The van der Waals surface area contributed by atoms with Crippen molar-refractivity contribution in [3.63, 3.8) is 0 Å². The van der Waals surface area contributed by atoms with Crippen molar-refractivity contribution in [2.24, 2.45) is 5.84 Å². The molecule has 0 amide bonds. The van der Waals surface area contributed by atoms with Gasteiger partial charge in [0.15, 0.2) is 0 Å². The average molecular weight is 366 g/mol. The number of rotatable bonds is 4. The zero-order valence-electron chi connectivity index (χ0n) is 11.7. The number of hydrogen-bond donors (Lipinski definition) is 2. The molecule has 0 saturated heterocycles. The summed E-state index contributed by atoms with van der Waals surface area (Å²) in [5.74, 6) is 6.52. The summed E-state index contributed by atoms with van der Waals surface area (Å²) in [4.78, 5) is 0. The predicted molar refractivity (Wildman–Crippen MR) is 91.4 cm³/mol. The fraction of sp³-hybridized carbons (Fsp3) is 0.294. The smallest absolute Gasteiger partial charge is 0.0713 e. The van der Waals surface area contributed by atoms with Gasteiger partial charge in [-0.3, -0.25) is 5.84 Å². The molecule has 3 N–H and O–H groups in total. The molecule has 4 heteroatoms. The van der Waals surface area contributed by atoms with E-state index in [1.807, 2.05) is 12.1 Å². The van der Waals surface area contributed by atoms with Crippen LogP contribution in [0.15, 0.2) is 46.9 Å². The molecule has 0 aromatic heterocycles. The van der Waals surface area contributed by atoms with Gasteiger partial charge in [0.05, 0.1) is 6.04 Å². The minimum absolute atomic E-state index is 0.0446. The first-order valence-electron chi connectivity index (χ1n) is 7.20. The van der Waals surface area contributed by atoms with E-state index in [0.29, 0.717) is 10.9 Å². The van der Waals surface area contributed by atoms with Crippen LogP contribution in [0.2, 0.25) is 5.02 Å². The first kappa shape index (κ1) is 15.0. The molecule has 110 valence electrons. The minimum atomic E-state index is -0.0446. The summed E-state index contributed by atoms with van der Waals surface area (Å²) >= 11 is 9.68. The third-order valence-electron chi connectivity index (χ3n) is 4.24. The van der Waals surface area contributed by atoms with E-state index in [9.17, 15) is 0 Å². The molecular formula is C17H18BrClN2. The van der Waals surface area contributed by atoms with Gasteiger partial charge in [-0.05, 0) is 53.6 Å². The highest BCUT2D eigenvalue weighted by Crippen LogP contribution is 2.40. The van der Waals surface area contributed by atoms with Gasteiger partial charge in [-0.1, -0.05) is 58.2 Å². The van der Waals surface area contributed by atoms with Gasteiger partial charge in [-0.2, -0.15) is 0 Å². The summed E-state index contributed by atoms with van der Waals surface area (Å²) in [6.07, 6.45) is 3.86. The molecule has 0 heterocycles. The van der Waals surface area contributed by atoms with E-state index < -0.39 is 0 Å². The number of halogens is 2. The first-order valence-corrected chi connectivity index (χ1v) is 8.37. The molecule has 1 aliphatic rings. The molecule has 21 heavy (non-hydrogen) atoms. The Morgan fingerprint density at radius 3 is 2.57 bits per heavy atom. The summed E-state index contributed by atoms with van der Waals surface area (Å²) < 4.78 is 0.964. The van der Waals surface area contributed by atoms with E-state index in [0.717, 1.165) is 10.0 Å². The SMILES string of the molecule is NNC(c1cc(Cl)cc(Br)c1)c1ccccc1C1CCC1. The average Bonchev–Trinajstić information content (AvgIpc) is 2.38. The lowest BCUT2D eigenvalue weighted by Gasteiger charge is -2.30. The zero-order valence-corrected chi connectivity index (χ0v) is 14.0. The summed E-state index contributed by atoms with van der Waals surface area (Å²) in [5.41, 5.74) is 6.68. The lowest BCUT2D eigenvalue weighted by Crippen LogP contribution is -2.30. The maximum atomic E-state index is 6.18. The molecule has 0 radical (unpaired) electrons. The van der Waals surface area contributed by atoms with Gasteiger partial charge in [0.1, 0.15) is 0 Å². The Bertz CT molecular complexity index is 620. The Morgan fingerprint density at radius 1 is 1.19 bits per heavy atom. The molecular weight excluding hydrogens is 348 g/mol. The van der Waals surface area contributed by atoms with Crippen molar-refractivity contribution in [3.8, 4) is 0 Å². The summed E-state index contributed by atoms with van der Waals surface area (Å²) in [7, 11) is 0. The Balaban J connectivity index is 2.03. The van der Waals surface area contributed by atoms with E-state index in [1.54, 1.807) is 0 Å². The highest BCUT2D eigenvalue weighted by atomic mass is 79.9. The summed E-state index contributed by atoms with van der Waals surface area (Å²) in [5, 5.41) is 0.709. The largest absolute Gasteiger partial charge is 0.271 e. The van der Waals surface area contributed by atoms with Crippen molar-refractivity contribution in [2.45, 2.75) is 31.2 Å². The zero-order chi connectivity index (χ0) is 14.8. The topological polar surface area (TPSA) is 38.0 Å². The van der Waals surface area contributed by atoms with Crippen LogP contribution in [0.25, 0.3) is 0 Å². The van der Waals surface area contributed by atoms with Gasteiger partial charge < -0.3 is 0 Å².